The van der Waals surface area contributed by atoms with Crippen LogP contribution in [0.25, 0.3) is 11.3 Å². The molecule has 1 atom stereocenters. The molecule has 0 saturated carbocycles. The number of aliphatic hydroxyl groups is 2. The Balaban J connectivity index is 1.46. The summed E-state index contributed by atoms with van der Waals surface area (Å²) in [6, 6.07) is 11.4. The lowest BCUT2D eigenvalue weighted by atomic mass is 10.1. The zero-order valence-electron chi connectivity index (χ0n) is 18.5. The Labute approximate surface area is 196 Å². The monoisotopic (exact) mass is 470 g/mol. The fourth-order valence-corrected chi connectivity index (χ4v) is 3.43. The van der Waals surface area contributed by atoms with Crippen molar-refractivity contribution in [2.75, 3.05) is 37.5 Å². The number of nitrogens with two attached hydrogens (primary N) is 1. The molecule has 0 spiro atoms. The van der Waals surface area contributed by atoms with Gasteiger partial charge in [-0.05, 0) is 36.4 Å². The Morgan fingerprint density at radius 1 is 1.15 bits per heavy atom. The summed E-state index contributed by atoms with van der Waals surface area (Å²) in [5.41, 5.74) is 8.68. The van der Waals surface area contributed by atoms with Gasteiger partial charge in [0, 0.05) is 36.4 Å². The van der Waals surface area contributed by atoms with E-state index in [0.717, 1.165) is 18.4 Å². The second kappa shape index (κ2) is 11.1. The molecule has 34 heavy (non-hydrogen) atoms. The standard InChI is InChI=1S/C24H27FN4O5/c25-19-3-2-16(12-23(19)33-14-17(31)13-30)28-24-27-8-5-21(29-24)15-1-4-22(20(26)11-15)34-18-6-9-32-10-7-18/h1-5,8,11-12,17-18,30-31H,6-7,9-10,13-14,26H2,(H,27,28,29). The molecular formula is C24H27FN4O5. The zero-order chi connectivity index (χ0) is 23.9. The minimum atomic E-state index is -1.10. The third-order valence-corrected chi connectivity index (χ3v) is 5.25. The number of ether oxygens (including phenoxy) is 3. The summed E-state index contributed by atoms with van der Waals surface area (Å²) in [5, 5.41) is 21.3. The fraction of sp³-hybridized carbons (Fsp3) is 0.333. The normalized spacial score (nSPS) is 15.0. The van der Waals surface area contributed by atoms with Crippen LogP contribution in [0, 0.1) is 5.82 Å². The predicted molar refractivity (Wildman–Crippen MR) is 125 cm³/mol. The van der Waals surface area contributed by atoms with Gasteiger partial charge in [0.2, 0.25) is 5.95 Å². The number of hydrogen-bond donors (Lipinski definition) is 4. The van der Waals surface area contributed by atoms with E-state index in [1.54, 1.807) is 18.3 Å². The van der Waals surface area contributed by atoms with E-state index in [1.165, 1.54) is 18.2 Å². The van der Waals surface area contributed by atoms with Crippen LogP contribution >= 0.6 is 0 Å². The van der Waals surface area contributed by atoms with Gasteiger partial charge in [0.05, 0.1) is 31.2 Å². The lowest BCUT2D eigenvalue weighted by Crippen LogP contribution is -2.26. The van der Waals surface area contributed by atoms with Crippen molar-refractivity contribution < 1.29 is 28.8 Å². The molecule has 10 heteroatoms. The van der Waals surface area contributed by atoms with Gasteiger partial charge in [-0.1, -0.05) is 0 Å². The first kappa shape index (κ1) is 23.7. The van der Waals surface area contributed by atoms with Gasteiger partial charge in [0.15, 0.2) is 11.6 Å². The van der Waals surface area contributed by atoms with Crippen LogP contribution < -0.4 is 20.5 Å². The van der Waals surface area contributed by atoms with E-state index >= 15 is 0 Å². The summed E-state index contributed by atoms with van der Waals surface area (Å²) >= 11 is 0. The highest BCUT2D eigenvalue weighted by Crippen LogP contribution is 2.30. The Hall–Kier alpha value is -3.47. The summed E-state index contributed by atoms with van der Waals surface area (Å²) in [4.78, 5) is 8.74. The van der Waals surface area contributed by atoms with Gasteiger partial charge in [-0.15, -0.1) is 0 Å². The number of aliphatic hydroxyl groups excluding tert-OH is 2. The van der Waals surface area contributed by atoms with Crippen LogP contribution in [0.5, 0.6) is 11.5 Å². The summed E-state index contributed by atoms with van der Waals surface area (Å²) < 4.78 is 30.6. The van der Waals surface area contributed by atoms with Crippen molar-refractivity contribution in [3.8, 4) is 22.8 Å². The molecule has 1 saturated heterocycles. The first-order valence-electron chi connectivity index (χ1n) is 11.0. The molecule has 2 aromatic carbocycles. The first-order valence-corrected chi connectivity index (χ1v) is 11.0. The van der Waals surface area contributed by atoms with Crippen molar-refractivity contribution in [3.63, 3.8) is 0 Å². The molecule has 1 aromatic heterocycles. The SMILES string of the molecule is Nc1cc(-c2ccnc(Nc3ccc(F)c(OCC(O)CO)c3)n2)ccc1OC1CCOCC1. The Morgan fingerprint density at radius 3 is 2.74 bits per heavy atom. The maximum atomic E-state index is 14.0. The number of halogens is 1. The fourth-order valence-electron chi connectivity index (χ4n) is 3.43. The van der Waals surface area contributed by atoms with Crippen molar-refractivity contribution >= 4 is 17.3 Å². The van der Waals surface area contributed by atoms with E-state index < -0.39 is 18.5 Å². The van der Waals surface area contributed by atoms with Crippen LogP contribution in [0.15, 0.2) is 48.7 Å². The molecule has 5 N–H and O–H groups in total. The zero-order valence-corrected chi connectivity index (χ0v) is 18.5. The quantitative estimate of drug-likeness (QED) is 0.349. The minimum Gasteiger partial charge on any atom is -0.488 e. The molecule has 180 valence electrons. The van der Waals surface area contributed by atoms with Gasteiger partial charge >= 0.3 is 0 Å². The summed E-state index contributed by atoms with van der Waals surface area (Å²) in [5.74, 6) is 0.269. The molecule has 1 fully saturated rings. The highest BCUT2D eigenvalue weighted by molar-refractivity contribution is 5.69. The van der Waals surface area contributed by atoms with Crippen molar-refractivity contribution in [1.82, 2.24) is 9.97 Å². The number of nitrogens with zero attached hydrogens (tertiary/aromatic N) is 2. The van der Waals surface area contributed by atoms with Crippen molar-refractivity contribution in [1.29, 1.82) is 0 Å². The van der Waals surface area contributed by atoms with Gasteiger partial charge in [0.1, 0.15) is 24.6 Å². The molecule has 1 unspecified atom stereocenters. The topological polar surface area (TPSA) is 132 Å². The Morgan fingerprint density at radius 2 is 1.97 bits per heavy atom. The Kier molecular flexibility index (Phi) is 7.73. The first-order chi connectivity index (χ1) is 16.5. The van der Waals surface area contributed by atoms with E-state index in [4.69, 9.17) is 25.1 Å². The van der Waals surface area contributed by atoms with Crippen LogP contribution in [0.3, 0.4) is 0 Å². The second-order valence-electron chi connectivity index (χ2n) is 7.87. The molecule has 0 bridgehead atoms. The third kappa shape index (κ3) is 6.10. The molecule has 0 aliphatic carbocycles. The molecule has 2 heterocycles. The van der Waals surface area contributed by atoms with Gasteiger partial charge in [-0.25, -0.2) is 14.4 Å². The van der Waals surface area contributed by atoms with E-state index in [-0.39, 0.29) is 18.5 Å². The van der Waals surface area contributed by atoms with Crippen molar-refractivity contribution in [3.05, 3.63) is 54.5 Å². The van der Waals surface area contributed by atoms with E-state index in [1.807, 2.05) is 12.1 Å². The molecule has 1 aliphatic heterocycles. The largest absolute Gasteiger partial charge is 0.488 e. The maximum Gasteiger partial charge on any atom is 0.227 e. The van der Waals surface area contributed by atoms with E-state index in [9.17, 15) is 9.50 Å². The Bertz CT molecular complexity index is 1110. The average Bonchev–Trinajstić information content (AvgIpc) is 2.86. The highest BCUT2D eigenvalue weighted by atomic mass is 19.1. The number of nitrogens with one attached hydrogen (secondary N) is 1. The number of aromatic nitrogens is 2. The molecule has 0 radical (unpaired) electrons. The second-order valence-corrected chi connectivity index (χ2v) is 7.87. The number of hydrogen-bond acceptors (Lipinski definition) is 9. The van der Waals surface area contributed by atoms with Crippen molar-refractivity contribution in [2.45, 2.75) is 25.0 Å². The van der Waals surface area contributed by atoms with Crippen molar-refractivity contribution in [2.24, 2.45) is 0 Å². The number of nitrogen functional groups attached to an aromatic ring is 1. The van der Waals surface area contributed by atoms with E-state index in [0.29, 0.717) is 42.0 Å². The number of anilines is 3. The average molecular weight is 471 g/mol. The van der Waals surface area contributed by atoms with Gasteiger partial charge in [0.25, 0.3) is 0 Å². The molecule has 9 nitrogen and oxygen atoms in total. The number of rotatable bonds is 9. The lowest BCUT2D eigenvalue weighted by Gasteiger charge is -2.24. The van der Waals surface area contributed by atoms with Crippen LogP contribution in [0.4, 0.5) is 21.7 Å². The lowest BCUT2D eigenvalue weighted by molar-refractivity contribution is 0.0259. The highest BCUT2D eigenvalue weighted by Gasteiger charge is 2.17. The molecule has 3 aromatic rings. The van der Waals surface area contributed by atoms with Crippen LogP contribution in [-0.2, 0) is 4.74 Å². The minimum absolute atomic E-state index is 0.0680. The third-order valence-electron chi connectivity index (χ3n) is 5.25. The molecular weight excluding hydrogens is 443 g/mol. The van der Waals surface area contributed by atoms with Crippen LogP contribution in [-0.4, -0.2) is 58.8 Å². The summed E-state index contributed by atoms with van der Waals surface area (Å²) in [6.45, 7) is 0.656. The van der Waals surface area contributed by atoms with Gasteiger partial charge < -0.3 is 35.5 Å². The molecule has 1 aliphatic rings. The van der Waals surface area contributed by atoms with Crippen LogP contribution in [0.1, 0.15) is 12.8 Å². The summed E-state index contributed by atoms with van der Waals surface area (Å²) in [6.07, 6.45) is 2.26. The van der Waals surface area contributed by atoms with E-state index in [2.05, 4.69) is 15.3 Å². The summed E-state index contributed by atoms with van der Waals surface area (Å²) in [7, 11) is 0. The van der Waals surface area contributed by atoms with Crippen LogP contribution in [0.2, 0.25) is 0 Å². The van der Waals surface area contributed by atoms with Gasteiger partial charge in [-0.2, -0.15) is 0 Å². The maximum absolute atomic E-state index is 14.0. The molecule has 4 rings (SSSR count). The smallest absolute Gasteiger partial charge is 0.227 e. The van der Waals surface area contributed by atoms with Gasteiger partial charge in [-0.3, -0.25) is 0 Å². The number of benzene rings is 2. The predicted octanol–water partition coefficient (Wildman–Crippen LogP) is 2.90. The molecule has 0 amide bonds.